The molecule has 3 fully saturated rings. The molecule has 2 saturated heterocycles. The molecule has 3 N–H and O–H groups in total. The van der Waals surface area contributed by atoms with E-state index in [2.05, 4.69) is 17.3 Å². The fourth-order valence-electron chi connectivity index (χ4n) is 2.54. The Labute approximate surface area is 74.3 Å². The number of fused-ring (bicyclic) bond motifs is 2. The van der Waals surface area contributed by atoms with Crippen LogP contribution in [0.2, 0.25) is 0 Å². The molecule has 0 aromatic rings. The van der Waals surface area contributed by atoms with E-state index < -0.39 is 0 Å². The summed E-state index contributed by atoms with van der Waals surface area (Å²) in [5, 5.41) is 3.50. The first-order chi connectivity index (χ1) is 5.81. The molecular formula is C9H19N3. The van der Waals surface area contributed by atoms with Gasteiger partial charge in [-0.2, -0.15) is 0 Å². The van der Waals surface area contributed by atoms with Gasteiger partial charge in [-0.3, -0.25) is 0 Å². The Morgan fingerprint density at radius 3 is 2.50 bits per heavy atom. The van der Waals surface area contributed by atoms with Crippen LogP contribution in [0, 0.1) is 0 Å². The Hall–Kier alpha value is -0.120. The van der Waals surface area contributed by atoms with Crippen molar-refractivity contribution in [3.05, 3.63) is 0 Å². The zero-order valence-electron chi connectivity index (χ0n) is 7.79. The SMILES string of the molecule is CN1C2CC(NCCN)CC1C2. The number of rotatable bonds is 3. The van der Waals surface area contributed by atoms with Crippen molar-refractivity contribution in [2.24, 2.45) is 5.73 Å². The highest BCUT2D eigenvalue weighted by Crippen LogP contribution is 2.36. The van der Waals surface area contributed by atoms with E-state index in [0.717, 1.165) is 31.2 Å². The van der Waals surface area contributed by atoms with E-state index in [1.807, 2.05) is 0 Å². The molecular weight excluding hydrogens is 150 g/mol. The number of piperidine rings is 1. The lowest BCUT2D eigenvalue weighted by Gasteiger charge is -2.53. The summed E-state index contributed by atoms with van der Waals surface area (Å²) < 4.78 is 0. The van der Waals surface area contributed by atoms with Crippen molar-refractivity contribution < 1.29 is 0 Å². The minimum Gasteiger partial charge on any atom is -0.329 e. The summed E-state index contributed by atoms with van der Waals surface area (Å²) in [5.74, 6) is 0. The number of nitrogens with zero attached hydrogens (tertiary/aromatic N) is 1. The van der Waals surface area contributed by atoms with Crippen LogP contribution in [-0.4, -0.2) is 43.2 Å². The second kappa shape index (κ2) is 3.32. The van der Waals surface area contributed by atoms with E-state index in [1.54, 1.807) is 0 Å². The maximum atomic E-state index is 5.45. The van der Waals surface area contributed by atoms with E-state index in [-0.39, 0.29) is 0 Å². The van der Waals surface area contributed by atoms with Crippen LogP contribution in [0.4, 0.5) is 0 Å². The van der Waals surface area contributed by atoms with Crippen molar-refractivity contribution >= 4 is 0 Å². The van der Waals surface area contributed by atoms with Crippen molar-refractivity contribution in [2.75, 3.05) is 20.1 Å². The van der Waals surface area contributed by atoms with E-state index in [0.29, 0.717) is 0 Å². The van der Waals surface area contributed by atoms with Gasteiger partial charge >= 0.3 is 0 Å². The monoisotopic (exact) mass is 169 g/mol. The Bertz CT molecular complexity index is 148. The summed E-state index contributed by atoms with van der Waals surface area (Å²) in [4.78, 5) is 2.51. The first-order valence-corrected chi connectivity index (χ1v) is 4.96. The highest BCUT2D eigenvalue weighted by molar-refractivity contribution is 5.00. The summed E-state index contributed by atoms with van der Waals surface area (Å²) in [6, 6.07) is 2.46. The molecule has 70 valence electrons. The highest BCUT2D eigenvalue weighted by atomic mass is 15.2. The van der Waals surface area contributed by atoms with Crippen molar-refractivity contribution in [2.45, 2.75) is 37.4 Å². The third-order valence-corrected chi connectivity index (χ3v) is 3.39. The third kappa shape index (κ3) is 1.37. The van der Waals surface area contributed by atoms with Crippen LogP contribution in [0.3, 0.4) is 0 Å². The molecule has 0 aromatic carbocycles. The molecule has 3 rings (SSSR count). The first-order valence-electron chi connectivity index (χ1n) is 4.96. The molecule has 0 spiro atoms. The topological polar surface area (TPSA) is 41.3 Å². The van der Waals surface area contributed by atoms with Crippen molar-refractivity contribution in [1.29, 1.82) is 0 Å². The molecule has 0 amide bonds. The lowest BCUT2D eigenvalue weighted by Crippen LogP contribution is -2.62. The van der Waals surface area contributed by atoms with Crippen LogP contribution in [0.25, 0.3) is 0 Å². The van der Waals surface area contributed by atoms with Gasteiger partial charge in [-0.1, -0.05) is 0 Å². The van der Waals surface area contributed by atoms with Crippen molar-refractivity contribution in [3.8, 4) is 0 Å². The average Bonchev–Trinajstić information content (AvgIpc) is 2.14. The lowest BCUT2D eigenvalue weighted by molar-refractivity contribution is -0.0180. The molecule has 1 saturated carbocycles. The number of hydrogen-bond acceptors (Lipinski definition) is 3. The predicted molar refractivity (Wildman–Crippen MR) is 50.0 cm³/mol. The Morgan fingerprint density at radius 1 is 1.33 bits per heavy atom. The third-order valence-electron chi connectivity index (χ3n) is 3.39. The maximum Gasteiger partial charge on any atom is 0.0125 e. The van der Waals surface area contributed by atoms with Crippen LogP contribution in [0.5, 0.6) is 0 Å². The van der Waals surface area contributed by atoms with Gasteiger partial charge in [-0.25, -0.2) is 0 Å². The Kier molecular flexibility index (Phi) is 2.35. The summed E-state index contributed by atoms with van der Waals surface area (Å²) in [5.41, 5.74) is 5.45. The molecule has 3 nitrogen and oxygen atoms in total. The predicted octanol–water partition coefficient (Wildman–Crippen LogP) is -0.230. The summed E-state index contributed by atoms with van der Waals surface area (Å²) in [7, 11) is 2.25. The molecule has 2 atom stereocenters. The van der Waals surface area contributed by atoms with Gasteiger partial charge < -0.3 is 16.0 Å². The zero-order valence-corrected chi connectivity index (χ0v) is 7.79. The zero-order chi connectivity index (χ0) is 8.55. The normalized spacial score (nSPS) is 41.0. The number of hydrogen-bond donors (Lipinski definition) is 2. The molecule has 2 heterocycles. The van der Waals surface area contributed by atoms with Crippen LogP contribution in [0.1, 0.15) is 19.3 Å². The van der Waals surface area contributed by atoms with Gasteiger partial charge in [0.15, 0.2) is 0 Å². The van der Waals surface area contributed by atoms with Crippen LogP contribution >= 0.6 is 0 Å². The van der Waals surface area contributed by atoms with Gasteiger partial charge in [-0.05, 0) is 26.3 Å². The minimum atomic E-state index is 0.744. The second-order valence-corrected chi connectivity index (χ2v) is 4.12. The quantitative estimate of drug-likeness (QED) is 0.613. The van der Waals surface area contributed by atoms with Crippen LogP contribution in [0.15, 0.2) is 0 Å². The standard InChI is InChI=1S/C9H19N3/c1-12-8-4-7(11-3-2-10)5-9(12)6-8/h7-9,11H,2-6,10H2,1H3. The highest BCUT2D eigenvalue weighted by Gasteiger charge is 2.42. The van der Waals surface area contributed by atoms with Gasteiger partial charge in [0.2, 0.25) is 0 Å². The molecule has 12 heavy (non-hydrogen) atoms. The molecule has 0 radical (unpaired) electrons. The maximum absolute atomic E-state index is 5.45. The van der Waals surface area contributed by atoms with Crippen molar-refractivity contribution in [1.82, 2.24) is 10.2 Å². The van der Waals surface area contributed by atoms with E-state index in [1.165, 1.54) is 19.3 Å². The van der Waals surface area contributed by atoms with E-state index in [4.69, 9.17) is 5.73 Å². The molecule has 1 aliphatic carbocycles. The van der Waals surface area contributed by atoms with E-state index in [9.17, 15) is 0 Å². The molecule has 2 unspecified atom stereocenters. The van der Waals surface area contributed by atoms with Crippen LogP contribution in [-0.2, 0) is 0 Å². The second-order valence-electron chi connectivity index (χ2n) is 4.12. The minimum absolute atomic E-state index is 0.744. The van der Waals surface area contributed by atoms with Crippen LogP contribution < -0.4 is 11.1 Å². The van der Waals surface area contributed by atoms with Gasteiger partial charge in [0.25, 0.3) is 0 Å². The lowest BCUT2D eigenvalue weighted by atomic mass is 9.77. The van der Waals surface area contributed by atoms with Gasteiger partial charge in [-0.15, -0.1) is 0 Å². The smallest absolute Gasteiger partial charge is 0.0125 e. The number of nitrogens with two attached hydrogens (primary N) is 1. The fraction of sp³-hybridized carbons (Fsp3) is 1.00. The van der Waals surface area contributed by atoms with Gasteiger partial charge in [0, 0.05) is 31.2 Å². The molecule has 2 aliphatic heterocycles. The molecule has 3 aliphatic rings. The largest absolute Gasteiger partial charge is 0.329 e. The Morgan fingerprint density at radius 2 is 2.00 bits per heavy atom. The van der Waals surface area contributed by atoms with Gasteiger partial charge in [0.1, 0.15) is 0 Å². The molecule has 0 aromatic heterocycles. The first kappa shape index (κ1) is 8.48. The van der Waals surface area contributed by atoms with E-state index >= 15 is 0 Å². The Balaban J connectivity index is 1.75. The average molecular weight is 169 g/mol. The van der Waals surface area contributed by atoms with Gasteiger partial charge in [0.05, 0.1) is 0 Å². The molecule has 3 heteroatoms. The fourth-order valence-corrected chi connectivity index (χ4v) is 2.54. The van der Waals surface area contributed by atoms with Crippen molar-refractivity contribution in [3.63, 3.8) is 0 Å². The summed E-state index contributed by atoms with van der Waals surface area (Å²) in [6.07, 6.45) is 4.08. The number of nitrogens with one attached hydrogen (secondary N) is 1. The molecule has 2 bridgehead atoms. The summed E-state index contributed by atoms with van der Waals surface area (Å²) in [6.45, 7) is 1.75. The summed E-state index contributed by atoms with van der Waals surface area (Å²) >= 11 is 0.